The average molecular weight is 425 g/mol. The highest BCUT2D eigenvalue weighted by Crippen LogP contribution is 2.30. The third kappa shape index (κ3) is 4.46. The monoisotopic (exact) mass is 424 g/mol. The molecule has 0 aliphatic carbocycles. The summed E-state index contributed by atoms with van der Waals surface area (Å²) >= 11 is 0. The van der Waals surface area contributed by atoms with Crippen LogP contribution in [0.1, 0.15) is 27.0 Å². The van der Waals surface area contributed by atoms with E-state index in [4.69, 9.17) is 4.74 Å². The summed E-state index contributed by atoms with van der Waals surface area (Å²) in [5, 5.41) is 2.76. The summed E-state index contributed by atoms with van der Waals surface area (Å²) in [5.74, 6) is 0.0195. The maximum Gasteiger partial charge on any atom is 0.261 e. The highest BCUT2D eigenvalue weighted by atomic mass is 32.2. The molecule has 0 atom stereocenters. The molecule has 0 fully saturated rings. The molecule has 0 saturated heterocycles. The van der Waals surface area contributed by atoms with Crippen molar-refractivity contribution >= 4 is 27.3 Å². The fourth-order valence-electron chi connectivity index (χ4n) is 3.03. The van der Waals surface area contributed by atoms with Crippen LogP contribution in [0.15, 0.2) is 65.6 Å². The molecule has 0 bridgehead atoms. The van der Waals surface area contributed by atoms with Crippen molar-refractivity contribution in [3.8, 4) is 5.75 Å². The Labute approximate surface area is 177 Å². The number of carbonyl (C=O) groups is 1. The molecule has 3 aromatic rings. The van der Waals surface area contributed by atoms with E-state index in [-0.39, 0.29) is 16.5 Å². The van der Waals surface area contributed by atoms with E-state index < -0.39 is 10.0 Å². The zero-order valence-electron chi connectivity index (χ0n) is 17.3. The lowest BCUT2D eigenvalue weighted by Crippen LogP contribution is -2.17. The molecule has 3 aromatic carbocycles. The van der Waals surface area contributed by atoms with Crippen LogP contribution >= 0.6 is 0 Å². The Balaban J connectivity index is 1.94. The van der Waals surface area contributed by atoms with Gasteiger partial charge in [-0.3, -0.25) is 9.52 Å². The van der Waals surface area contributed by atoms with Gasteiger partial charge in [0.2, 0.25) is 0 Å². The van der Waals surface area contributed by atoms with Crippen molar-refractivity contribution in [2.45, 2.75) is 25.7 Å². The number of carbonyl (C=O) groups excluding carboxylic acids is 1. The van der Waals surface area contributed by atoms with Crippen LogP contribution in [-0.4, -0.2) is 21.4 Å². The molecule has 0 unspecified atom stereocenters. The molecule has 2 N–H and O–H groups in total. The number of hydrogen-bond acceptors (Lipinski definition) is 4. The van der Waals surface area contributed by atoms with Gasteiger partial charge >= 0.3 is 0 Å². The summed E-state index contributed by atoms with van der Waals surface area (Å²) in [6.45, 7) is 5.61. The van der Waals surface area contributed by atoms with E-state index in [2.05, 4.69) is 10.0 Å². The van der Waals surface area contributed by atoms with Gasteiger partial charge in [0, 0.05) is 5.56 Å². The maximum atomic E-state index is 13.0. The molecule has 0 radical (unpaired) electrons. The predicted molar refractivity (Wildman–Crippen MR) is 119 cm³/mol. The minimum absolute atomic E-state index is 0.0179. The molecule has 0 spiro atoms. The van der Waals surface area contributed by atoms with Gasteiger partial charge in [0.05, 0.1) is 23.4 Å². The number of hydrogen-bond donors (Lipinski definition) is 2. The highest BCUT2D eigenvalue weighted by molar-refractivity contribution is 7.92. The first kappa shape index (κ1) is 21.4. The number of amides is 1. The number of aryl methyl sites for hydroxylation is 2. The first-order valence-corrected chi connectivity index (χ1v) is 10.9. The first-order chi connectivity index (χ1) is 14.2. The predicted octanol–water partition coefficient (Wildman–Crippen LogP) is 4.67. The third-order valence-electron chi connectivity index (χ3n) is 4.97. The Morgan fingerprint density at radius 2 is 1.57 bits per heavy atom. The quantitative estimate of drug-likeness (QED) is 0.602. The summed E-state index contributed by atoms with van der Waals surface area (Å²) in [7, 11) is -2.41. The standard InChI is InChI=1S/C23H24N2O4S/c1-15-9-7-11-20(17(15)3)25-30(27,28)18-12-13-22(29-4)21(14-18)24-23(26)19-10-6-5-8-16(19)2/h5-14,25H,1-4H3,(H,24,26). The zero-order chi connectivity index (χ0) is 21.9. The molecule has 0 saturated carbocycles. The molecule has 0 aromatic heterocycles. The summed E-state index contributed by atoms with van der Waals surface area (Å²) in [5.41, 5.74) is 3.93. The highest BCUT2D eigenvalue weighted by Gasteiger charge is 2.19. The van der Waals surface area contributed by atoms with Gasteiger partial charge in [-0.1, -0.05) is 30.3 Å². The number of methoxy groups -OCH3 is 1. The molecule has 0 aliphatic rings. The van der Waals surface area contributed by atoms with Crippen LogP contribution in [0, 0.1) is 20.8 Å². The number of sulfonamides is 1. The molecule has 1 amide bonds. The lowest BCUT2D eigenvalue weighted by molar-refractivity contribution is 0.102. The van der Waals surface area contributed by atoms with Crippen LogP contribution in [0.4, 0.5) is 11.4 Å². The Hall–Kier alpha value is -3.32. The second kappa shape index (κ2) is 8.59. The largest absolute Gasteiger partial charge is 0.495 e. The second-order valence-electron chi connectivity index (χ2n) is 6.98. The Morgan fingerprint density at radius 1 is 0.867 bits per heavy atom. The molecule has 156 valence electrons. The summed E-state index contributed by atoms with van der Waals surface area (Å²) in [6.07, 6.45) is 0. The fraction of sp³-hybridized carbons (Fsp3) is 0.174. The third-order valence-corrected chi connectivity index (χ3v) is 6.33. The van der Waals surface area contributed by atoms with Crippen molar-refractivity contribution in [2.75, 3.05) is 17.1 Å². The molecule has 0 heterocycles. The van der Waals surface area contributed by atoms with Crippen LogP contribution in [0.2, 0.25) is 0 Å². The number of anilines is 2. The summed E-state index contributed by atoms with van der Waals surface area (Å²) in [6, 6.07) is 16.9. The van der Waals surface area contributed by atoms with E-state index in [0.29, 0.717) is 17.0 Å². The minimum atomic E-state index is -3.87. The molecule has 6 nitrogen and oxygen atoms in total. The van der Waals surface area contributed by atoms with Crippen LogP contribution < -0.4 is 14.8 Å². The smallest absolute Gasteiger partial charge is 0.261 e. The summed E-state index contributed by atoms with van der Waals surface area (Å²) in [4.78, 5) is 12.7. The van der Waals surface area contributed by atoms with E-state index in [1.165, 1.54) is 25.3 Å². The van der Waals surface area contributed by atoms with Crippen LogP contribution in [0.3, 0.4) is 0 Å². The molecule has 0 aliphatic heterocycles. The van der Waals surface area contributed by atoms with E-state index in [0.717, 1.165) is 16.7 Å². The second-order valence-corrected chi connectivity index (χ2v) is 8.67. The van der Waals surface area contributed by atoms with Crippen molar-refractivity contribution in [2.24, 2.45) is 0 Å². The maximum absolute atomic E-state index is 13.0. The van der Waals surface area contributed by atoms with Crippen molar-refractivity contribution < 1.29 is 17.9 Å². The van der Waals surface area contributed by atoms with Gasteiger partial charge in [0.15, 0.2) is 0 Å². The van der Waals surface area contributed by atoms with Crippen molar-refractivity contribution in [3.63, 3.8) is 0 Å². The van der Waals surface area contributed by atoms with Crippen molar-refractivity contribution in [1.82, 2.24) is 0 Å². The summed E-state index contributed by atoms with van der Waals surface area (Å²) < 4.78 is 33.8. The Bertz CT molecular complexity index is 1200. The first-order valence-electron chi connectivity index (χ1n) is 9.37. The molecular formula is C23H24N2O4S. The van der Waals surface area contributed by atoms with Crippen molar-refractivity contribution in [3.05, 3.63) is 82.9 Å². The van der Waals surface area contributed by atoms with Crippen molar-refractivity contribution in [1.29, 1.82) is 0 Å². The fourth-order valence-corrected chi connectivity index (χ4v) is 4.18. The van der Waals surface area contributed by atoms with Crippen LogP contribution in [0.5, 0.6) is 5.75 Å². The molecule has 30 heavy (non-hydrogen) atoms. The van der Waals surface area contributed by atoms with Gasteiger partial charge < -0.3 is 10.1 Å². The zero-order valence-corrected chi connectivity index (χ0v) is 18.1. The van der Waals surface area contributed by atoms with E-state index >= 15 is 0 Å². The Morgan fingerprint density at radius 3 is 2.27 bits per heavy atom. The molecular weight excluding hydrogens is 400 g/mol. The minimum Gasteiger partial charge on any atom is -0.495 e. The molecule has 3 rings (SSSR count). The Kier molecular flexibility index (Phi) is 6.12. The lowest BCUT2D eigenvalue weighted by Gasteiger charge is -2.15. The van der Waals surface area contributed by atoms with Crippen LogP contribution in [0.25, 0.3) is 0 Å². The van der Waals surface area contributed by atoms with Gasteiger partial charge in [0.1, 0.15) is 5.75 Å². The molecule has 7 heteroatoms. The topological polar surface area (TPSA) is 84.5 Å². The van der Waals surface area contributed by atoms with Gasteiger partial charge in [-0.2, -0.15) is 0 Å². The average Bonchev–Trinajstić information content (AvgIpc) is 2.71. The normalized spacial score (nSPS) is 11.1. The van der Waals surface area contributed by atoms with E-state index in [9.17, 15) is 13.2 Å². The van der Waals surface area contributed by atoms with E-state index in [1.54, 1.807) is 24.3 Å². The van der Waals surface area contributed by atoms with Crippen LogP contribution in [-0.2, 0) is 10.0 Å². The number of ether oxygens (including phenoxy) is 1. The number of benzene rings is 3. The number of nitrogens with one attached hydrogen (secondary N) is 2. The number of rotatable bonds is 6. The van der Waals surface area contributed by atoms with Gasteiger partial charge in [-0.15, -0.1) is 0 Å². The van der Waals surface area contributed by atoms with Gasteiger partial charge in [-0.25, -0.2) is 8.42 Å². The van der Waals surface area contributed by atoms with Gasteiger partial charge in [-0.05, 0) is 67.8 Å². The lowest BCUT2D eigenvalue weighted by atomic mass is 10.1. The van der Waals surface area contributed by atoms with E-state index in [1.807, 2.05) is 39.0 Å². The van der Waals surface area contributed by atoms with Gasteiger partial charge in [0.25, 0.3) is 15.9 Å². The SMILES string of the molecule is COc1ccc(S(=O)(=O)Nc2cccc(C)c2C)cc1NC(=O)c1ccccc1C.